The molecule has 1 fully saturated rings. The minimum Gasteiger partial charge on any atom is -0.331 e. The Morgan fingerprint density at radius 1 is 1.13 bits per heavy atom. The maximum Gasteiger partial charge on any atom is 0.243 e. The summed E-state index contributed by atoms with van der Waals surface area (Å²) in [6.07, 6.45) is 3.52. The molecule has 1 aliphatic heterocycles. The number of imidazole rings is 1. The van der Waals surface area contributed by atoms with E-state index >= 15 is 0 Å². The van der Waals surface area contributed by atoms with E-state index in [4.69, 9.17) is 11.6 Å². The second-order valence-electron chi connectivity index (χ2n) is 7.73. The van der Waals surface area contributed by atoms with Gasteiger partial charge in [-0.3, -0.25) is 4.79 Å². The summed E-state index contributed by atoms with van der Waals surface area (Å²) in [7, 11) is -1.64. The summed E-state index contributed by atoms with van der Waals surface area (Å²) in [5.74, 6) is 0.561. The van der Waals surface area contributed by atoms with Crippen LogP contribution in [0.1, 0.15) is 31.5 Å². The lowest BCUT2D eigenvalue weighted by molar-refractivity contribution is -0.116. The van der Waals surface area contributed by atoms with Gasteiger partial charge in [-0.25, -0.2) is 13.4 Å². The molecule has 31 heavy (non-hydrogen) atoms. The molecule has 2 aromatic carbocycles. The van der Waals surface area contributed by atoms with Crippen molar-refractivity contribution in [2.75, 3.05) is 18.4 Å². The number of aryl methyl sites for hydroxylation is 2. The third kappa shape index (κ3) is 4.61. The van der Waals surface area contributed by atoms with Gasteiger partial charge in [0.05, 0.1) is 26.6 Å². The third-order valence-electron chi connectivity index (χ3n) is 5.62. The number of sulfonamides is 1. The van der Waals surface area contributed by atoms with E-state index in [1.165, 1.54) is 0 Å². The quantitative estimate of drug-likeness (QED) is 0.603. The highest BCUT2D eigenvalue weighted by molar-refractivity contribution is 7.89. The number of fused-ring (bicyclic) bond motifs is 1. The van der Waals surface area contributed by atoms with Crippen LogP contribution in [0.5, 0.6) is 0 Å². The molecule has 0 unspecified atom stereocenters. The molecule has 0 atom stereocenters. The summed E-state index contributed by atoms with van der Waals surface area (Å²) in [5, 5.41) is 3.29. The summed E-state index contributed by atoms with van der Waals surface area (Å²) < 4.78 is 29.4. The number of halogens is 1. The summed E-state index contributed by atoms with van der Waals surface area (Å²) in [4.78, 5) is 17.2. The van der Waals surface area contributed by atoms with E-state index in [1.54, 1.807) is 40.7 Å². The molecule has 9 heteroatoms. The fourth-order valence-corrected chi connectivity index (χ4v) is 5.59. The SMILES string of the molecule is Cn1c(CCC(=O)Nc2ccccc2Cl)nc2cc(S(=O)(=O)N3CCCCC3)ccc21. The molecule has 0 saturated carbocycles. The average Bonchev–Trinajstić information content (AvgIpc) is 3.09. The van der Waals surface area contributed by atoms with E-state index in [-0.39, 0.29) is 17.2 Å². The first-order valence-electron chi connectivity index (χ1n) is 10.4. The van der Waals surface area contributed by atoms with Crippen LogP contribution < -0.4 is 5.32 Å². The van der Waals surface area contributed by atoms with Crippen LogP contribution in [0.4, 0.5) is 5.69 Å². The first-order chi connectivity index (χ1) is 14.9. The zero-order chi connectivity index (χ0) is 22.0. The molecule has 4 rings (SSSR count). The van der Waals surface area contributed by atoms with Crippen LogP contribution in [0.2, 0.25) is 5.02 Å². The van der Waals surface area contributed by atoms with Crippen LogP contribution in [0.3, 0.4) is 0 Å². The molecule has 2 heterocycles. The van der Waals surface area contributed by atoms with E-state index in [9.17, 15) is 13.2 Å². The number of rotatable bonds is 6. The Morgan fingerprint density at radius 2 is 1.87 bits per heavy atom. The summed E-state index contributed by atoms with van der Waals surface area (Å²) in [6, 6.07) is 12.1. The first kappa shape index (κ1) is 21.8. The van der Waals surface area contributed by atoms with Crippen molar-refractivity contribution < 1.29 is 13.2 Å². The first-order valence-corrected chi connectivity index (χ1v) is 12.2. The van der Waals surface area contributed by atoms with E-state index in [0.717, 1.165) is 30.6 Å². The molecule has 7 nitrogen and oxygen atoms in total. The van der Waals surface area contributed by atoms with E-state index in [2.05, 4.69) is 10.3 Å². The Hall–Kier alpha value is -2.42. The lowest BCUT2D eigenvalue weighted by atomic mass is 10.2. The van der Waals surface area contributed by atoms with Gasteiger partial charge in [-0.2, -0.15) is 4.31 Å². The standard InChI is InChI=1S/C22H25ClN4O3S/c1-26-20-10-9-16(31(29,30)27-13-5-2-6-14-27)15-19(20)24-21(26)11-12-22(28)25-18-8-4-3-7-17(18)23/h3-4,7-10,15H,2,5-6,11-14H2,1H3,(H,25,28). The summed E-state index contributed by atoms with van der Waals surface area (Å²) in [6.45, 7) is 1.13. The number of nitrogens with zero attached hydrogens (tertiary/aromatic N) is 3. The van der Waals surface area contributed by atoms with Gasteiger partial charge in [0.1, 0.15) is 5.82 Å². The molecule has 3 aromatic rings. The number of benzene rings is 2. The predicted molar refractivity (Wildman–Crippen MR) is 122 cm³/mol. The van der Waals surface area contributed by atoms with Crippen LogP contribution in [-0.2, 0) is 28.3 Å². The van der Waals surface area contributed by atoms with Gasteiger partial charge in [0.15, 0.2) is 0 Å². The molecule has 1 N–H and O–H groups in total. The molecule has 0 bridgehead atoms. The normalized spacial score (nSPS) is 15.3. The molecule has 0 aliphatic carbocycles. The van der Waals surface area contributed by atoms with Crippen molar-refractivity contribution in [3.63, 3.8) is 0 Å². The van der Waals surface area contributed by atoms with Crippen molar-refractivity contribution in [1.82, 2.24) is 13.9 Å². The van der Waals surface area contributed by atoms with Crippen molar-refractivity contribution in [3.05, 3.63) is 53.3 Å². The maximum absolute atomic E-state index is 13.0. The van der Waals surface area contributed by atoms with Gasteiger partial charge in [-0.15, -0.1) is 0 Å². The minimum absolute atomic E-state index is 0.159. The Morgan fingerprint density at radius 3 is 2.61 bits per heavy atom. The number of hydrogen-bond acceptors (Lipinski definition) is 4. The third-order valence-corrected chi connectivity index (χ3v) is 7.85. The van der Waals surface area contributed by atoms with Crippen LogP contribution in [0.25, 0.3) is 11.0 Å². The van der Waals surface area contributed by atoms with Gasteiger partial charge >= 0.3 is 0 Å². The molecule has 0 radical (unpaired) electrons. The number of aromatic nitrogens is 2. The number of amides is 1. The summed E-state index contributed by atoms with van der Waals surface area (Å²) >= 11 is 6.09. The van der Waals surface area contributed by atoms with Crippen molar-refractivity contribution in [2.45, 2.75) is 37.0 Å². The number of hydrogen-bond donors (Lipinski definition) is 1. The van der Waals surface area contributed by atoms with Crippen molar-refractivity contribution >= 4 is 44.3 Å². The Kier molecular flexibility index (Phi) is 6.31. The lowest BCUT2D eigenvalue weighted by Crippen LogP contribution is -2.35. The van der Waals surface area contributed by atoms with E-state index in [0.29, 0.717) is 35.7 Å². The Labute approximate surface area is 187 Å². The topological polar surface area (TPSA) is 84.3 Å². The molecule has 1 saturated heterocycles. The number of carbonyl (C=O) groups excluding carboxylic acids is 1. The molecule has 0 spiro atoms. The molecular formula is C22H25ClN4O3S. The van der Waals surface area contributed by atoms with E-state index in [1.807, 2.05) is 17.7 Å². The van der Waals surface area contributed by atoms with Gasteiger partial charge in [-0.1, -0.05) is 30.2 Å². The number of piperidine rings is 1. The maximum atomic E-state index is 13.0. The second-order valence-corrected chi connectivity index (χ2v) is 10.1. The fourth-order valence-electron chi connectivity index (χ4n) is 3.87. The van der Waals surface area contributed by atoms with Gasteiger partial charge in [0.2, 0.25) is 15.9 Å². The zero-order valence-electron chi connectivity index (χ0n) is 17.3. The molecule has 1 aromatic heterocycles. The number of para-hydroxylation sites is 1. The van der Waals surface area contributed by atoms with Crippen LogP contribution in [0.15, 0.2) is 47.4 Å². The van der Waals surface area contributed by atoms with Crippen LogP contribution in [0, 0.1) is 0 Å². The van der Waals surface area contributed by atoms with Gasteiger partial charge in [0.25, 0.3) is 0 Å². The lowest BCUT2D eigenvalue weighted by Gasteiger charge is -2.25. The highest BCUT2D eigenvalue weighted by atomic mass is 35.5. The minimum atomic E-state index is -3.51. The Balaban J connectivity index is 1.50. The monoisotopic (exact) mass is 460 g/mol. The number of anilines is 1. The van der Waals surface area contributed by atoms with Crippen LogP contribution in [-0.4, -0.2) is 41.3 Å². The number of nitrogens with one attached hydrogen (secondary N) is 1. The van der Waals surface area contributed by atoms with Crippen molar-refractivity contribution in [2.24, 2.45) is 7.05 Å². The zero-order valence-corrected chi connectivity index (χ0v) is 18.9. The van der Waals surface area contributed by atoms with Gasteiger partial charge < -0.3 is 9.88 Å². The Bertz CT molecular complexity index is 1220. The van der Waals surface area contributed by atoms with Crippen LogP contribution >= 0.6 is 11.6 Å². The van der Waals surface area contributed by atoms with Crippen molar-refractivity contribution in [3.8, 4) is 0 Å². The molecular weight excluding hydrogens is 436 g/mol. The van der Waals surface area contributed by atoms with E-state index < -0.39 is 10.0 Å². The average molecular weight is 461 g/mol. The highest BCUT2D eigenvalue weighted by Gasteiger charge is 2.26. The largest absolute Gasteiger partial charge is 0.331 e. The van der Waals surface area contributed by atoms with Gasteiger partial charge in [0, 0.05) is 33.0 Å². The smallest absolute Gasteiger partial charge is 0.243 e. The number of carbonyl (C=O) groups is 1. The fraction of sp³-hybridized carbons (Fsp3) is 0.364. The predicted octanol–water partition coefficient (Wildman–Crippen LogP) is 3.97. The molecule has 1 aliphatic rings. The van der Waals surface area contributed by atoms with Gasteiger partial charge in [-0.05, 0) is 43.2 Å². The molecule has 164 valence electrons. The second kappa shape index (κ2) is 8.98. The highest BCUT2D eigenvalue weighted by Crippen LogP contribution is 2.25. The molecule has 1 amide bonds. The van der Waals surface area contributed by atoms with Crippen molar-refractivity contribution in [1.29, 1.82) is 0 Å². The summed E-state index contributed by atoms with van der Waals surface area (Å²) in [5.41, 5.74) is 2.02.